The molecule has 1 saturated heterocycles. The molecule has 19 heavy (non-hydrogen) atoms. The average molecular weight is 260 g/mol. The van der Waals surface area contributed by atoms with E-state index in [9.17, 15) is 14.4 Å². The van der Waals surface area contributed by atoms with Gasteiger partial charge in [0, 0.05) is 12.6 Å². The van der Waals surface area contributed by atoms with Crippen molar-refractivity contribution >= 4 is 17.7 Å². The van der Waals surface area contributed by atoms with Crippen molar-refractivity contribution in [2.24, 2.45) is 0 Å². The lowest BCUT2D eigenvalue weighted by Crippen LogP contribution is -2.52. The van der Waals surface area contributed by atoms with Gasteiger partial charge in [0.1, 0.15) is 11.9 Å². The third-order valence-electron chi connectivity index (χ3n) is 3.39. The Morgan fingerprint density at radius 3 is 2.89 bits per heavy atom. The number of piperidine rings is 1. The zero-order valence-corrected chi connectivity index (χ0v) is 10.3. The van der Waals surface area contributed by atoms with Crippen molar-refractivity contribution in [1.82, 2.24) is 20.2 Å². The van der Waals surface area contributed by atoms with Crippen LogP contribution in [0.3, 0.4) is 0 Å². The highest BCUT2D eigenvalue weighted by Crippen LogP contribution is 2.25. The van der Waals surface area contributed by atoms with Crippen molar-refractivity contribution in [3.05, 3.63) is 23.3 Å². The van der Waals surface area contributed by atoms with E-state index in [-0.39, 0.29) is 18.2 Å². The number of aromatic nitrogens is 2. The van der Waals surface area contributed by atoms with Crippen LogP contribution in [0.4, 0.5) is 0 Å². The third kappa shape index (κ3) is 1.87. The van der Waals surface area contributed by atoms with Crippen molar-refractivity contribution in [2.75, 3.05) is 0 Å². The van der Waals surface area contributed by atoms with E-state index in [4.69, 9.17) is 0 Å². The molecule has 1 aromatic heterocycles. The molecule has 0 radical (unpaired) electrons. The molecule has 3 rings (SSSR count). The van der Waals surface area contributed by atoms with Crippen LogP contribution < -0.4 is 5.32 Å². The molecule has 0 aliphatic carbocycles. The minimum atomic E-state index is -0.597. The smallest absolute Gasteiger partial charge is 0.258 e. The van der Waals surface area contributed by atoms with E-state index in [1.165, 1.54) is 11.1 Å². The standard InChI is InChI=1S/C12H12N4O3/c1-6-13-4-7-8(14-6)5-16(12(7)19)9-2-3-10(17)15-11(9)18/h4,9H,2-3,5H2,1H3,(H,15,17,18). The highest BCUT2D eigenvalue weighted by Gasteiger charge is 2.39. The Labute approximate surface area is 109 Å². The van der Waals surface area contributed by atoms with E-state index < -0.39 is 11.9 Å². The van der Waals surface area contributed by atoms with Gasteiger partial charge < -0.3 is 4.90 Å². The molecule has 1 N–H and O–H groups in total. The number of nitrogens with zero attached hydrogens (tertiary/aromatic N) is 3. The first-order chi connectivity index (χ1) is 9.06. The maximum atomic E-state index is 12.2. The van der Waals surface area contributed by atoms with Crippen molar-refractivity contribution in [1.29, 1.82) is 0 Å². The largest absolute Gasteiger partial charge is 0.321 e. The fourth-order valence-electron chi connectivity index (χ4n) is 2.44. The number of fused-ring (bicyclic) bond motifs is 1. The minimum Gasteiger partial charge on any atom is -0.321 e. The van der Waals surface area contributed by atoms with E-state index >= 15 is 0 Å². The Morgan fingerprint density at radius 2 is 2.16 bits per heavy atom. The quantitative estimate of drug-likeness (QED) is 0.690. The summed E-state index contributed by atoms with van der Waals surface area (Å²) in [6.45, 7) is 2.04. The van der Waals surface area contributed by atoms with Gasteiger partial charge >= 0.3 is 0 Å². The Hall–Kier alpha value is -2.31. The highest BCUT2D eigenvalue weighted by atomic mass is 16.2. The number of aryl methyl sites for hydroxylation is 1. The Bertz CT molecular complexity index is 599. The van der Waals surface area contributed by atoms with Crippen LogP contribution in [0.1, 0.15) is 34.7 Å². The summed E-state index contributed by atoms with van der Waals surface area (Å²) >= 11 is 0. The van der Waals surface area contributed by atoms with E-state index in [0.29, 0.717) is 30.0 Å². The second-order valence-electron chi connectivity index (χ2n) is 4.68. The number of carbonyl (C=O) groups excluding carboxylic acids is 3. The normalized spacial score (nSPS) is 22.5. The predicted octanol–water partition coefficient (Wildman–Crippen LogP) is -0.454. The fraction of sp³-hybridized carbons (Fsp3) is 0.417. The van der Waals surface area contributed by atoms with Gasteiger partial charge in [-0.3, -0.25) is 19.7 Å². The maximum absolute atomic E-state index is 12.2. The molecule has 1 unspecified atom stereocenters. The lowest BCUT2D eigenvalue weighted by molar-refractivity contribution is -0.136. The van der Waals surface area contributed by atoms with E-state index in [0.717, 1.165) is 0 Å². The molecule has 2 aliphatic heterocycles. The Balaban J connectivity index is 1.87. The summed E-state index contributed by atoms with van der Waals surface area (Å²) < 4.78 is 0. The average Bonchev–Trinajstić information content (AvgIpc) is 2.66. The third-order valence-corrected chi connectivity index (χ3v) is 3.39. The second-order valence-corrected chi connectivity index (χ2v) is 4.68. The minimum absolute atomic E-state index is 0.246. The molecule has 3 amide bonds. The molecule has 0 aromatic carbocycles. The zero-order valence-electron chi connectivity index (χ0n) is 10.3. The molecule has 1 aromatic rings. The Morgan fingerprint density at radius 1 is 1.37 bits per heavy atom. The lowest BCUT2D eigenvalue weighted by atomic mass is 10.0. The zero-order chi connectivity index (χ0) is 13.6. The summed E-state index contributed by atoms with van der Waals surface area (Å²) in [6, 6.07) is -0.597. The molecule has 98 valence electrons. The number of imide groups is 1. The summed E-state index contributed by atoms with van der Waals surface area (Å²) in [6.07, 6.45) is 2.10. The first-order valence-electron chi connectivity index (χ1n) is 6.03. The summed E-state index contributed by atoms with van der Waals surface area (Å²) in [5.41, 5.74) is 1.08. The fourth-order valence-corrected chi connectivity index (χ4v) is 2.44. The van der Waals surface area contributed by atoms with E-state index in [1.54, 1.807) is 6.92 Å². The topological polar surface area (TPSA) is 92.3 Å². The van der Waals surface area contributed by atoms with Crippen LogP contribution in [0.15, 0.2) is 6.20 Å². The number of hydrogen-bond donors (Lipinski definition) is 1. The molecule has 1 atom stereocenters. The predicted molar refractivity (Wildman–Crippen MR) is 62.8 cm³/mol. The SMILES string of the molecule is Cc1ncc2c(n1)CN(C1CCC(=O)NC1=O)C2=O. The van der Waals surface area contributed by atoms with Gasteiger partial charge in [-0.15, -0.1) is 0 Å². The van der Waals surface area contributed by atoms with Crippen molar-refractivity contribution in [3.63, 3.8) is 0 Å². The van der Waals surface area contributed by atoms with Gasteiger partial charge in [0.25, 0.3) is 5.91 Å². The lowest BCUT2D eigenvalue weighted by Gasteiger charge is -2.29. The van der Waals surface area contributed by atoms with Crippen molar-refractivity contribution < 1.29 is 14.4 Å². The molecule has 7 heteroatoms. The van der Waals surface area contributed by atoms with Crippen LogP contribution in [0.5, 0.6) is 0 Å². The van der Waals surface area contributed by atoms with Crippen LogP contribution >= 0.6 is 0 Å². The first-order valence-corrected chi connectivity index (χ1v) is 6.03. The molecular weight excluding hydrogens is 248 g/mol. The van der Waals surface area contributed by atoms with E-state index in [2.05, 4.69) is 15.3 Å². The molecule has 2 aliphatic rings. The van der Waals surface area contributed by atoms with Gasteiger partial charge in [0.05, 0.1) is 17.8 Å². The summed E-state index contributed by atoms with van der Waals surface area (Å²) in [7, 11) is 0. The van der Waals surface area contributed by atoms with Gasteiger partial charge in [-0.1, -0.05) is 0 Å². The number of nitrogens with one attached hydrogen (secondary N) is 1. The molecule has 1 fully saturated rings. The van der Waals surface area contributed by atoms with Crippen molar-refractivity contribution in [3.8, 4) is 0 Å². The highest BCUT2D eigenvalue weighted by molar-refractivity contribution is 6.05. The van der Waals surface area contributed by atoms with Crippen LogP contribution in [0.25, 0.3) is 0 Å². The van der Waals surface area contributed by atoms with Crippen LogP contribution in [0.2, 0.25) is 0 Å². The molecule has 0 saturated carbocycles. The molecular formula is C12H12N4O3. The molecule has 3 heterocycles. The molecule has 0 bridgehead atoms. The summed E-state index contributed by atoms with van der Waals surface area (Å²) in [4.78, 5) is 44.8. The number of carbonyl (C=O) groups is 3. The van der Waals surface area contributed by atoms with Gasteiger partial charge in [0.2, 0.25) is 11.8 Å². The van der Waals surface area contributed by atoms with Crippen LogP contribution in [-0.2, 0) is 16.1 Å². The second kappa shape index (κ2) is 4.11. The van der Waals surface area contributed by atoms with Crippen LogP contribution in [-0.4, -0.2) is 38.6 Å². The Kier molecular flexibility index (Phi) is 2.55. The first kappa shape index (κ1) is 11.8. The van der Waals surface area contributed by atoms with Gasteiger partial charge in [-0.25, -0.2) is 9.97 Å². The van der Waals surface area contributed by atoms with E-state index in [1.807, 2.05) is 0 Å². The summed E-state index contributed by atoms with van der Waals surface area (Å²) in [5, 5.41) is 2.26. The van der Waals surface area contributed by atoms with Gasteiger partial charge in [0.15, 0.2) is 0 Å². The maximum Gasteiger partial charge on any atom is 0.258 e. The number of amides is 3. The van der Waals surface area contributed by atoms with Crippen molar-refractivity contribution in [2.45, 2.75) is 32.4 Å². The number of rotatable bonds is 1. The van der Waals surface area contributed by atoms with Crippen LogP contribution in [0, 0.1) is 6.92 Å². The number of hydrogen-bond acceptors (Lipinski definition) is 5. The van der Waals surface area contributed by atoms with Gasteiger partial charge in [-0.2, -0.15) is 0 Å². The van der Waals surface area contributed by atoms with Gasteiger partial charge in [-0.05, 0) is 13.3 Å². The molecule has 0 spiro atoms. The summed E-state index contributed by atoms with van der Waals surface area (Å²) in [5.74, 6) is -0.357. The monoisotopic (exact) mass is 260 g/mol. The molecule has 7 nitrogen and oxygen atoms in total.